The van der Waals surface area contributed by atoms with Gasteiger partial charge < -0.3 is 0 Å². The van der Waals surface area contributed by atoms with Crippen LogP contribution in [0.5, 0.6) is 0 Å². The van der Waals surface area contributed by atoms with E-state index < -0.39 is 0 Å². The Morgan fingerprint density at radius 3 is 1.61 bits per heavy atom. The van der Waals surface area contributed by atoms with Gasteiger partial charge in [-0.15, -0.1) is 0 Å². The molecule has 3 aromatic rings. The van der Waals surface area contributed by atoms with Gasteiger partial charge in [-0.05, 0) is 36.7 Å². The Balaban J connectivity index is 1.71. The van der Waals surface area contributed by atoms with E-state index in [0.29, 0.717) is 0 Å². The zero-order valence-electron chi connectivity index (χ0n) is 13.2. The van der Waals surface area contributed by atoms with E-state index in [-0.39, 0.29) is 7.92 Å². The van der Waals surface area contributed by atoms with Crippen molar-refractivity contribution in [2.45, 2.75) is 6.42 Å². The van der Waals surface area contributed by atoms with Gasteiger partial charge in [-0.3, -0.25) is 0 Å². The Kier molecular flexibility index (Phi) is 5.78. The minimum Gasteiger partial charge on any atom is -0.0836 e. The van der Waals surface area contributed by atoms with Crippen LogP contribution in [0.15, 0.2) is 97.1 Å². The van der Waals surface area contributed by atoms with E-state index >= 15 is 0 Å². The Hall–Kier alpha value is -2.17. The molecule has 0 aliphatic heterocycles. The zero-order chi connectivity index (χ0) is 15.7. The van der Waals surface area contributed by atoms with Crippen molar-refractivity contribution in [1.29, 1.82) is 0 Å². The summed E-state index contributed by atoms with van der Waals surface area (Å²) in [7, 11) is -0.283. The molecule has 0 fully saturated rings. The lowest BCUT2D eigenvalue weighted by molar-refractivity contribution is 1.25. The molecule has 0 N–H and O–H groups in total. The summed E-state index contributed by atoms with van der Waals surface area (Å²) < 4.78 is 0. The molecular weight excluding hydrogens is 295 g/mol. The van der Waals surface area contributed by atoms with E-state index in [9.17, 15) is 0 Å². The van der Waals surface area contributed by atoms with E-state index in [2.05, 4.69) is 103 Å². The van der Waals surface area contributed by atoms with Crippen molar-refractivity contribution in [3.63, 3.8) is 0 Å². The van der Waals surface area contributed by atoms with Crippen molar-refractivity contribution in [1.82, 2.24) is 0 Å². The molecule has 3 aromatic carbocycles. The summed E-state index contributed by atoms with van der Waals surface area (Å²) in [6, 6.07) is 32.3. The molecule has 3 rings (SSSR count). The summed E-state index contributed by atoms with van der Waals surface area (Å²) >= 11 is 0. The number of allylic oxidation sites excluding steroid dienone is 1. The second kappa shape index (κ2) is 8.46. The van der Waals surface area contributed by atoms with Crippen LogP contribution in [0, 0.1) is 0 Å². The maximum Gasteiger partial charge on any atom is -0.0195 e. The van der Waals surface area contributed by atoms with Gasteiger partial charge in [0.1, 0.15) is 0 Å². The fourth-order valence-electron chi connectivity index (χ4n) is 2.61. The average Bonchev–Trinajstić information content (AvgIpc) is 2.64. The first-order chi connectivity index (χ1) is 11.4. The number of benzene rings is 3. The van der Waals surface area contributed by atoms with Crippen molar-refractivity contribution in [3.8, 4) is 0 Å². The van der Waals surface area contributed by atoms with Gasteiger partial charge in [0, 0.05) is 0 Å². The predicted molar refractivity (Wildman–Crippen MR) is 104 cm³/mol. The third-order valence-corrected chi connectivity index (χ3v) is 6.31. The Morgan fingerprint density at radius 2 is 1.09 bits per heavy atom. The van der Waals surface area contributed by atoms with Crippen LogP contribution in [-0.4, -0.2) is 6.16 Å². The largest absolute Gasteiger partial charge is 0.0836 e. The normalized spacial score (nSPS) is 11.2. The maximum atomic E-state index is 2.30. The quantitative estimate of drug-likeness (QED) is 0.547. The van der Waals surface area contributed by atoms with Gasteiger partial charge in [-0.2, -0.15) is 0 Å². The minimum absolute atomic E-state index is 0.283. The van der Waals surface area contributed by atoms with Crippen LogP contribution in [0.2, 0.25) is 0 Å². The second-order valence-electron chi connectivity index (χ2n) is 5.42. The highest BCUT2D eigenvalue weighted by Gasteiger charge is 2.11. The molecule has 0 amide bonds. The molecule has 114 valence electrons. The Bertz CT molecular complexity index is 678. The molecule has 1 heteroatoms. The molecule has 0 unspecified atom stereocenters. The first-order valence-corrected chi connectivity index (χ1v) is 9.55. The summed E-state index contributed by atoms with van der Waals surface area (Å²) in [5, 5.41) is 2.92. The molecule has 0 aromatic heterocycles. The van der Waals surface area contributed by atoms with Crippen LogP contribution in [0.1, 0.15) is 12.0 Å². The fourth-order valence-corrected chi connectivity index (χ4v) is 4.90. The van der Waals surface area contributed by atoms with E-state index in [4.69, 9.17) is 0 Å². The molecule has 0 spiro atoms. The number of hydrogen-bond donors (Lipinski definition) is 0. The first-order valence-electron chi connectivity index (χ1n) is 8.03. The Morgan fingerprint density at radius 1 is 0.609 bits per heavy atom. The molecule has 23 heavy (non-hydrogen) atoms. The Labute approximate surface area is 140 Å². The van der Waals surface area contributed by atoms with E-state index in [1.165, 1.54) is 22.3 Å². The molecule has 0 saturated carbocycles. The standard InChI is InChI=1S/C22H21P/c1-4-12-20(13-5-1)14-10-11-19-23(21-15-6-2-7-16-21)22-17-8-3-9-18-22/h1-10,12-18H,11,19H2/b14-10+. The first kappa shape index (κ1) is 15.7. The van der Waals surface area contributed by atoms with Gasteiger partial charge in [0.2, 0.25) is 0 Å². The summed E-state index contributed by atoms with van der Waals surface area (Å²) in [6.07, 6.45) is 6.82. The minimum atomic E-state index is -0.283. The highest BCUT2D eigenvalue weighted by atomic mass is 31.1. The lowest BCUT2D eigenvalue weighted by Gasteiger charge is -2.17. The lowest BCUT2D eigenvalue weighted by Crippen LogP contribution is -2.13. The highest BCUT2D eigenvalue weighted by Crippen LogP contribution is 2.34. The summed E-state index contributed by atoms with van der Waals surface area (Å²) in [5.74, 6) is 0. The van der Waals surface area contributed by atoms with Crippen LogP contribution in [0.25, 0.3) is 6.08 Å². The molecule has 0 nitrogen and oxygen atoms in total. The average molecular weight is 316 g/mol. The van der Waals surface area contributed by atoms with Crippen LogP contribution in [0.3, 0.4) is 0 Å². The second-order valence-corrected chi connectivity index (χ2v) is 7.76. The topological polar surface area (TPSA) is 0 Å². The van der Waals surface area contributed by atoms with Gasteiger partial charge in [0.15, 0.2) is 0 Å². The molecule has 0 atom stereocenters. The number of hydrogen-bond acceptors (Lipinski definition) is 0. The molecule has 0 aliphatic carbocycles. The van der Waals surface area contributed by atoms with Gasteiger partial charge in [0.25, 0.3) is 0 Å². The van der Waals surface area contributed by atoms with Gasteiger partial charge >= 0.3 is 0 Å². The lowest BCUT2D eigenvalue weighted by atomic mass is 10.2. The molecular formula is C22H21P. The van der Waals surface area contributed by atoms with E-state index in [0.717, 1.165) is 6.42 Å². The summed E-state index contributed by atoms with van der Waals surface area (Å²) in [6.45, 7) is 0. The smallest absolute Gasteiger partial charge is 0.0195 e. The van der Waals surface area contributed by atoms with Crippen molar-refractivity contribution < 1.29 is 0 Å². The summed E-state index contributed by atoms with van der Waals surface area (Å²) in [4.78, 5) is 0. The fraction of sp³-hybridized carbons (Fsp3) is 0.0909. The predicted octanol–water partition coefficient (Wildman–Crippen LogP) is 5.22. The SMILES string of the molecule is C(=C\c1ccccc1)/CCP(c1ccccc1)c1ccccc1. The van der Waals surface area contributed by atoms with Gasteiger partial charge in [0.05, 0.1) is 0 Å². The van der Waals surface area contributed by atoms with Crippen LogP contribution < -0.4 is 10.6 Å². The van der Waals surface area contributed by atoms with E-state index in [1.54, 1.807) is 0 Å². The maximum absolute atomic E-state index is 2.30. The summed E-state index contributed by atoms with van der Waals surface area (Å²) in [5.41, 5.74) is 1.27. The van der Waals surface area contributed by atoms with Gasteiger partial charge in [-0.1, -0.05) is 103 Å². The molecule has 0 bridgehead atoms. The molecule has 0 aliphatic rings. The van der Waals surface area contributed by atoms with E-state index in [1.807, 2.05) is 0 Å². The van der Waals surface area contributed by atoms with Crippen LogP contribution in [-0.2, 0) is 0 Å². The monoisotopic (exact) mass is 316 g/mol. The third-order valence-electron chi connectivity index (χ3n) is 3.76. The molecule has 0 saturated heterocycles. The van der Waals surface area contributed by atoms with Crippen molar-refractivity contribution in [2.24, 2.45) is 0 Å². The van der Waals surface area contributed by atoms with Crippen molar-refractivity contribution in [3.05, 3.63) is 103 Å². The third kappa shape index (κ3) is 4.65. The highest BCUT2D eigenvalue weighted by molar-refractivity contribution is 7.73. The number of rotatable bonds is 6. The molecule has 0 radical (unpaired) electrons. The van der Waals surface area contributed by atoms with Crippen molar-refractivity contribution >= 4 is 24.6 Å². The van der Waals surface area contributed by atoms with Gasteiger partial charge in [-0.25, -0.2) is 0 Å². The van der Waals surface area contributed by atoms with Crippen molar-refractivity contribution in [2.75, 3.05) is 6.16 Å². The zero-order valence-corrected chi connectivity index (χ0v) is 14.1. The van der Waals surface area contributed by atoms with Crippen LogP contribution in [0.4, 0.5) is 0 Å². The van der Waals surface area contributed by atoms with Crippen LogP contribution >= 0.6 is 7.92 Å². The molecule has 0 heterocycles.